The van der Waals surface area contributed by atoms with Crippen LogP contribution in [0.25, 0.3) is 0 Å². The molecule has 1 aliphatic heterocycles. The van der Waals surface area contributed by atoms with Gasteiger partial charge in [0.25, 0.3) is 0 Å². The van der Waals surface area contributed by atoms with Crippen molar-refractivity contribution in [2.24, 2.45) is 0 Å². The van der Waals surface area contributed by atoms with Gasteiger partial charge in [0.1, 0.15) is 5.60 Å². The zero-order chi connectivity index (χ0) is 17.5. The number of likely N-dealkylation sites (tertiary alicyclic amines) is 1. The number of nitrogens with zero attached hydrogens (tertiary/aromatic N) is 1. The molecule has 0 aromatic carbocycles. The van der Waals surface area contributed by atoms with E-state index in [0.717, 1.165) is 12.8 Å². The van der Waals surface area contributed by atoms with E-state index in [0.29, 0.717) is 32.9 Å². The summed E-state index contributed by atoms with van der Waals surface area (Å²) in [5.41, 5.74) is -0.721. The summed E-state index contributed by atoms with van der Waals surface area (Å²) in [6.45, 7) is 14.5. The summed E-state index contributed by atoms with van der Waals surface area (Å²) in [4.78, 5) is 13.8. The lowest BCUT2D eigenvalue weighted by molar-refractivity contribution is -0.196. The summed E-state index contributed by atoms with van der Waals surface area (Å²) in [6, 6.07) is 0. The van der Waals surface area contributed by atoms with Gasteiger partial charge in [0.05, 0.1) is 12.2 Å². The minimum Gasteiger partial charge on any atom is -0.444 e. The molecule has 0 atom stereocenters. The van der Waals surface area contributed by atoms with Crippen molar-refractivity contribution in [2.75, 3.05) is 32.9 Å². The van der Waals surface area contributed by atoms with Gasteiger partial charge in [-0.05, 0) is 54.4 Å². The van der Waals surface area contributed by atoms with E-state index in [4.69, 9.17) is 18.9 Å². The van der Waals surface area contributed by atoms with Crippen LogP contribution >= 0.6 is 0 Å². The average molecular weight is 331 g/mol. The van der Waals surface area contributed by atoms with E-state index in [1.807, 2.05) is 34.6 Å². The summed E-state index contributed by atoms with van der Waals surface area (Å²) in [6.07, 6.45) is 0.973. The Hall–Kier alpha value is -0.850. The molecule has 1 fully saturated rings. The lowest BCUT2D eigenvalue weighted by atomic mass is 9.93. The highest BCUT2D eigenvalue weighted by Crippen LogP contribution is 2.27. The van der Waals surface area contributed by atoms with Gasteiger partial charge >= 0.3 is 6.09 Å². The van der Waals surface area contributed by atoms with Crippen LogP contribution < -0.4 is 0 Å². The Morgan fingerprint density at radius 3 is 2.09 bits per heavy atom. The Bertz CT molecular complexity index is 352. The molecule has 0 aromatic rings. The van der Waals surface area contributed by atoms with Crippen LogP contribution in [0.5, 0.6) is 0 Å². The average Bonchev–Trinajstić information content (AvgIpc) is 2.44. The van der Waals surface area contributed by atoms with E-state index >= 15 is 0 Å². The molecule has 0 unspecified atom stereocenters. The molecule has 0 aliphatic carbocycles. The summed E-state index contributed by atoms with van der Waals surface area (Å²) < 4.78 is 22.5. The Morgan fingerprint density at radius 2 is 1.65 bits per heavy atom. The SMILES string of the molecule is CCOC(COC1(C)CCN(C(=O)OC(C)(C)C)CC1)OCC. The van der Waals surface area contributed by atoms with Gasteiger partial charge in [0.2, 0.25) is 0 Å². The van der Waals surface area contributed by atoms with E-state index in [1.165, 1.54) is 0 Å². The van der Waals surface area contributed by atoms with Crippen LogP contribution in [0.1, 0.15) is 54.4 Å². The van der Waals surface area contributed by atoms with Crippen LogP contribution in [-0.2, 0) is 18.9 Å². The fourth-order valence-electron chi connectivity index (χ4n) is 2.42. The number of carbonyl (C=O) groups is 1. The Labute approximate surface area is 140 Å². The molecule has 1 aliphatic rings. The predicted molar refractivity (Wildman–Crippen MR) is 88.4 cm³/mol. The molecule has 0 bridgehead atoms. The van der Waals surface area contributed by atoms with E-state index in [-0.39, 0.29) is 18.0 Å². The summed E-state index contributed by atoms with van der Waals surface area (Å²) in [5, 5.41) is 0. The lowest BCUT2D eigenvalue weighted by Gasteiger charge is -2.40. The minimum absolute atomic E-state index is 0.249. The third-order valence-corrected chi connectivity index (χ3v) is 3.75. The highest BCUT2D eigenvalue weighted by atomic mass is 16.7. The van der Waals surface area contributed by atoms with Crippen molar-refractivity contribution in [3.05, 3.63) is 0 Å². The monoisotopic (exact) mass is 331 g/mol. The van der Waals surface area contributed by atoms with Crippen molar-refractivity contribution >= 4 is 6.09 Å². The summed E-state index contributed by atoms with van der Waals surface area (Å²) in [7, 11) is 0. The van der Waals surface area contributed by atoms with Crippen molar-refractivity contribution in [1.82, 2.24) is 4.90 Å². The maximum Gasteiger partial charge on any atom is 0.410 e. The Kier molecular flexibility index (Phi) is 7.77. The molecule has 6 nitrogen and oxygen atoms in total. The zero-order valence-electron chi connectivity index (χ0n) is 15.5. The van der Waals surface area contributed by atoms with Crippen molar-refractivity contribution in [3.8, 4) is 0 Å². The number of piperidine rings is 1. The molecule has 136 valence electrons. The van der Waals surface area contributed by atoms with Crippen molar-refractivity contribution in [3.63, 3.8) is 0 Å². The van der Waals surface area contributed by atoms with Crippen LogP contribution in [0.15, 0.2) is 0 Å². The quantitative estimate of drug-likeness (QED) is 0.671. The minimum atomic E-state index is -0.462. The fourth-order valence-corrected chi connectivity index (χ4v) is 2.42. The zero-order valence-corrected chi connectivity index (χ0v) is 15.5. The van der Waals surface area contributed by atoms with Gasteiger partial charge in [-0.25, -0.2) is 4.79 Å². The first kappa shape index (κ1) is 20.2. The first-order valence-electron chi connectivity index (χ1n) is 8.54. The third kappa shape index (κ3) is 7.50. The molecular weight excluding hydrogens is 298 g/mol. The molecule has 0 spiro atoms. The first-order chi connectivity index (χ1) is 10.7. The molecule has 1 rings (SSSR count). The maximum absolute atomic E-state index is 12.1. The van der Waals surface area contributed by atoms with Gasteiger partial charge in [-0.3, -0.25) is 0 Å². The fraction of sp³-hybridized carbons (Fsp3) is 0.941. The summed E-state index contributed by atoms with van der Waals surface area (Å²) >= 11 is 0. The number of rotatable bonds is 7. The van der Waals surface area contributed by atoms with Crippen LogP contribution in [0, 0.1) is 0 Å². The van der Waals surface area contributed by atoms with E-state index < -0.39 is 5.60 Å². The number of ether oxygens (including phenoxy) is 4. The normalized spacial score (nSPS) is 18.3. The largest absolute Gasteiger partial charge is 0.444 e. The molecule has 0 saturated carbocycles. The second-order valence-corrected chi connectivity index (χ2v) is 7.07. The maximum atomic E-state index is 12.1. The highest BCUT2D eigenvalue weighted by molar-refractivity contribution is 5.68. The van der Waals surface area contributed by atoms with Gasteiger partial charge in [0, 0.05) is 26.3 Å². The van der Waals surface area contributed by atoms with Gasteiger partial charge in [-0.2, -0.15) is 0 Å². The molecule has 0 radical (unpaired) electrons. The number of hydrogen-bond donors (Lipinski definition) is 0. The Balaban J connectivity index is 2.42. The molecule has 1 heterocycles. The van der Waals surface area contributed by atoms with Gasteiger partial charge in [0.15, 0.2) is 6.29 Å². The molecule has 6 heteroatoms. The van der Waals surface area contributed by atoms with Crippen molar-refractivity contribution in [2.45, 2.75) is 71.9 Å². The third-order valence-electron chi connectivity index (χ3n) is 3.75. The first-order valence-corrected chi connectivity index (χ1v) is 8.54. The Morgan fingerprint density at radius 1 is 1.13 bits per heavy atom. The van der Waals surface area contributed by atoms with Crippen molar-refractivity contribution < 1.29 is 23.7 Å². The molecule has 23 heavy (non-hydrogen) atoms. The van der Waals surface area contributed by atoms with Crippen LogP contribution in [0.3, 0.4) is 0 Å². The second kappa shape index (κ2) is 8.85. The van der Waals surface area contributed by atoms with Gasteiger partial charge < -0.3 is 23.8 Å². The van der Waals surface area contributed by atoms with Crippen molar-refractivity contribution in [1.29, 1.82) is 0 Å². The van der Waals surface area contributed by atoms with Gasteiger partial charge in [-0.1, -0.05) is 0 Å². The highest BCUT2D eigenvalue weighted by Gasteiger charge is 2.35. The lowest BCUT2D eigenvalue weighted by Crippen LogP contribution is -2.48. The van der Waals surface area contributed by atoms with Crippen LogP contribution in [0.2, 0.25) is 0 Å². The molecule has 0 aromatic heterocycles. The smallest absolute Gasteiger partial charge is 0.410 e. The predicted octanol–water partition coefficient (Wildman–Crippen LogP) is 3.19. The molecule has 1 saturated heterocycles. The number of hydrogen-bond acceptors (Lipinski definition) is 5. The van der Waals surface area contributed by atoms with Gasteiger partial charge in [-0.15, -0.1) is 0 Å². The van der Waals surface area contributed by atoms with E-state index in [9.17, 15) is 4.79 Å². The van der Waals surface area contributed by atoms with E-state index in [2.05, 4.69) is 6.92 Å². The second-order valence-electron chi connectivity index (χ2n) is 7.07. The number of amides is 1. The molecule has 0 N–H and O–H groups in total. The van der Waals surface area contributed by atoms with E-state index in [1.54, 1.807) is 4.90 Å². The van der Waals surface area contributed by atoms with Crippen LogP contribution in [0.4, 0.5) is 4.79 Å². The topological polar surface area (TPSA) is 57.2 Å². The molecular formula is C17H33NO5. The van der Waals surface area contributed by atoms with Crippen LogP contribution in [-0.4, -0.2) is 61.4 Å². The molecule has 1 amide bonds. The summed E-state index contributed by atoms with van der Waals surface area (Å²) in [5.74, 6) is 0. The number of carbonyl (C=O) groups excluding carboxylic acids is 1. The standard InChI is InChI=1S/C17H33NO5/c1-7-20-14(21-8-2)13-22-17(6)9-11-18(12-10-17)15(19)23-16(3,4)5/h14H,7-13H2,1-6H3.